The highest BCUT2D eigenvalue weighted by Gasteiger charge is 2.19. The monoisotopic (exact) mass is 411 g/mol. The van der Waals surface area contributed by atoms with Crippen LogP contribution in [0.15, 0.2) is 49.3 Å². The van der Waals surface area contributed by atoms with E-state index in [1.54, 1.807) is 18.6 Å². The van der Waals surface area contributed by atoms with Gasteiger partial charge in [-0.1, -0.05) is 0 Å². The Morgan fingerprint density at radius 2 is 1.77 bits per heavy atom. The minimum atomic E-state index is 0.808. The number of anilines is 1. The molecule has 0 aromatic carbocycles. The Hall–Kier alpha value is -3.85. The van der Waals surface area contributed by atoms with E-state index in [4.69, 9.17) is 0 Å². The molecule has 1 aliphatic rings. The van der Waals surface area contributed by atoms with Gasteiger partial charge in [0.2, 0.25) is 0 Å². The first-order valence-electron chi connectivity index (χ1n) is 10.3. The Bertz CT molecular complexity index is 1360. The fourth-order valence-corrected chi connectivity index (χ4v) is 4.17. The molecule has 1 fully saturated rings. The summed E-state index contributed by atoms with van der Waals surface area (Å²) in [5, 5.41) is 9.77. The third-order valence-electron chi connectivity index (χ3n) is 5.91. The van der Waals surface area contributed by atoms with Crippen molar-refractivity contribution in [2.45, 2.75) is 0 Å². The van der Waals surface area contributed by atoms with Crippen LogP contribution in [-0.2, 0) is 0 Å². The molecular formula is C22H21N9. The van der Waals surface area contributed by atoms with Crippen LogP contribution < -0.4 is 4.90 Å². The summed E-state index contributed by atoms with van der Waals surface area (Å²) in [5.74, 6) is 0. The maximum atomic E-state index is 4.57. The number of hydrogen-bond donors (Lipinski definition) is 2. The summed E-state index contributed by atoms with van der Waals surface area (Å²) in [5.41, 5.74) is 6.41. The van der Waals surface area contributed by atoms with Gasteiger partial charge in [0.05, 0.1) is 23.1 Å². The van der Waals surface area contributed by atoms with Crippen LogP contribution in [0.5, 0.6) is 0 Å². The van der Waals surface area contributed by atoms with Crippen LogP contribution in [-0.4, -0.2) is 73.2 Å². The second-order valence-electron chi connectivity index (χ2n) is 7.88. The van der Waals surface area contributed by atoms with Crippen LogP contribution in [0.1, 0.15) is 0 Å². The lowest BCUT2D eigenvalue weighted by Crippen LogP contribution is -2.44. The quantitative estimate of drug-likeness (QED) is 0.471. The first-order valence-corrected chi connectivity index (χ1v) is 10.3. The van der Waals surface area contributed by atoms with Crippen LogP contribution >= 0.6 is 0 Å². The standard InChI is InChI=1S/C22H21N9/c1-30-4-6-31(7-5-30)20-2-3-25-22-16(20)9-18(27-22)21-15-8-17(14-10-23-13-24-11-14)26-12-19(15)28-29-21/h2-3,8-13H,4-7H2,1H3,(H,25,27)(H,28,29). The fraction of sp³-hybridized carbons (Fsp3) is 0.227. The number of rotatable bonds is 3. The van der Waals surface area contributed by atoms with Gasteiger partial charge < -0.3 is 14.8 Å². The van der Waals surface area contributed by atoms with Crippen LogP contribution in [0.3, 0.4) is 0 Å². The lowest BCUT2D eigenvalue weighted by Gasteiger charge is -2.34. The normalized spacial score (nSPS) is 15.2. The van der Waals surface area contributed by atoms with Crippen molar-refractivity contribution in [1.29, 1.82) is 0 Å². The van der Waals surface area contributed by atoms with E-state index in [0.717, 1.165) is 70.8 Å². The van der Waals surface area contributed by atoms with Crippen molar-refractivity contribution in [3.05, 3.63) is 49.3 Å². The molecule has 0 atom stereocenters. The molecule has 0 amide bonds. The van der Waals surface area contributed by atoms with Gasteiger partial charge in [-0.2, -0.15) is 5.10 Å². The number of fused-ring (bicyclic) bond motifs is 2. The molecule has 6 heterocycles. The van der Waals surface area contributed by atoms with Gasteiger partial charge >= 0.3 is 0 Å². The number of aromatic nitrogens is 7. The predicted molar refractivity (Wildman–Crippen MR) is 120 cm³/mol. The smallest absolute Gasteiger partial charge is 0.139 e. The number of hydrogen-bond acceptors (Lipinski definition) is 7. The first kappa shape index (κ1) is 18.0. The zero-order valence-electron chi connectivity index (χ0n) is 17.1. The van der Waals surface area contributed by atoms with Gasteiger partial charge in [-0.25, -0.2) is 15.0 Å². The van der Waals surface area contributed by atoms with E-state index >= 15 is 0 Å². The number of pyridine rings is 2. The van der Waals surface area contributed by atoms with Crippen LogP contribution in [0, 0.1) is 0 Å². The van der Waals surface area contributed by atoms with Gasteiger partial charge in [-0.3, -0.25) is 10.1 Å². The number of H-pyrrole nitrogens is 2. The van der Waals surface area contributed by atoms with E-state index in [9.17, 15) is 0 Å². The first-order chi connectivity index (χ1) is 15.3. The van der Waals surface area contributed by atoms with E-state index in [2.05, 4.69) is 64.1 Å². The minimum Gasteiger partial charge on any atom is -0.368 e. The maximum Gasteiger partial charge on any atom is 0.139 e. The van der Waals surface area contributed by atoms with Crippen molar-refractivity contribution in [2.24, 2.45) is 0 Å². The molecule has 5 aromatic rings. The maximum absolute atomic E-state index is 4.57. The van der Waals surface area contributed by atoms with E-state index in [-0.39, 0.29) is 0 Å². The summed E-state index contributed by atoms with van der Waals surface area (Å²) in [4.78, 5) is 25.5. The topological polar surface area (TPSA) is 103 Å². The van der Waals surface area contributed by atoms with Crippen molar-refractivity contribution in [2.75, 3.05) is 38.1 Å². The molecule has 0 aliphatic carbocycles. The van der Waals surface area contributed by atoms with Gasteiger partial charge in [0.1, 0.15) is 17.7 Å². The number of nitrogens with one attached hydrogen (secondary N) is 2. The average Bonchev–Trinajstić information content (AvgIpc) is 3.43. The van der Waals surface area contributed by atoms with Crippen LogP contribution in [0.4, 0.5) is 5.69 Å². The van der Waals surface area contributed by atoms with E-state index in [1.165, 1.54) is 12.0 Å². The summed E-state index contributed by atoms with van der Waals surface area (Å²) < 4.78 is 0. The predicted octanol–water partition coefficient (Wildman–Crippen LogP) is 2.71. The molecule has 1 saturated heterocycles. The molecule has 0 bridgehead atoms. The van der Waals surface area contributed by atoms with E-state index < -0.39 is 0 Å². The largest absolute Gasteiger partial charge is 0.368 e. The Labute approximate surface area is 178 Å². The Morgan fingerprint density at radius 3 is 2.61 bits per heavy atom. The van der Waals surface area contributed by atoms with Gasteiger partial charge in [-0.15, -0.1) is 0 Å². The molecule has 31 heavy (non-hydrogen) atoms. The summed E-state index contributed by atoms with van der Waals surface area (Å²) in [6.07, 6.45) is 8.70. The highest BCUT2D eigenvalue weighted by atomic mass is 15.2. The zero-order valence-corrected chi connectivity index (χ0v) is 17.1. The highest BCUT2D eigenvalue weighted by Crippen LogP contribution is 2.33. The van der Waals surface area contributed by atoms with Gasteiger partial charge in [0, 0.05) is 66.8 Å². The fourth-order valence-electron chi connectivity index (χ4n) is 4.17. The molecule has 154 valence electrons. The number of nitrogens with zero attached hydrogens (tertiary/aromatic N) is 7. The molecule has 2 N–H and O–H groups in total. The lowest BCUT2D eigenvalue weighted by atomic mass is 10.1. The average molecular weight is 411 g/mol. The van der Waals surface area contributed by atoms with Crippen LogP contribution in [0.2, 0.25) is 0 Å². The third kappa shape index (κ3) is 3.10. The lowest BCUT2D eigenvalue weighted by molar-refractivity contribution is 0.313. The molecule has 0 saturated carbocycles. The highest BCUT2D eigenvalue weighted by molar-refractivity contribution is 5.99. The molecule has 5 aromatic heterocycles. The molecule has 9 nitrogen and oxygen atoms in total. The number of likely N-dealkylation sites (N-methyl/N-ethyl adjacent to an activating group) is 1. The second-order valence-corrected chi connectivity index (χ2v) is 7.88. The second kappa shape index (κ2) is 7.13. The van der Waals surface area contributed by atoms with Crippen LogP contribution in [0.25, 0.3) is 44.6 Å². The van der Waals surface area contributed by atoms with Crippen molar-refractivity contribution in [1.82, 2.24) is 40.0 Å². The van der Waals surface area contributed by atoms with Crippen molar-refractivity contribution < 1.29 is 0 Å². The molecule has 9 heteroatoms. The summed E-state index contributed by atoms with van der Waals surface area (Å²) in [7, 11) is 2.17. The van der Waals surface area contributed by atoms with Crippen molar-refractivity contribution in [3.8, 4) is 22.6 Å². The molecule has 0 radical (unpaired) electrons. The zero-order chi connectivity index (χ0) is 20.8. The Balaban J connectivity index is 1.44. The summed E-state index contributed by atoms with van der Waals surface area (Å²) >= 11 is 0. The molecule has 0 spiro atoms. The van der Waals surface area contributed by atoms with Gasteiger partial charge in [0.15, 0.2) is 0 Å². The molecular weight excluding hydrogens is 390 g/mol. The summed E-state index contributed by atoms with van der Waals surface area (Å²) in [6, 6.07) is 6.27. The van der Waals surface area contributed by atoms with Crippen molar-refractivity contribution >= 4 is 27.6 Å². The van der Waals surface area contributed by atoms with Gasteiger partial charge in [-0.05, 0) is 25.2 Å². The molecule has 1 aliphatic heterocycles. The van der Waals surface area contributed by atoms with Gasteiger partial charge in [0.25, 0.3) is 0 Å². The SMILES string of the molecule is CN1CCN(c2ccnc3[nH]c(-c4n[nH]c5cnc(-c6cncnc6)cc45)cc23)CC1. The molecule has 0 unspecified atom stereocenters. The number of piperazine rings is 1. The van der Waals surface area contributed by atoms with E-state index in [0.29, 0.717) is 0 Å². The third-order valence-corrected chi connectivity index (χ3v) is 5.91. The van der Waals surface area contributed by atoms with Crippen molar-refractivity contribution in [3.63, 3.8) is 0 Å². The Kier molecular flexibility index (Phi) is 4.13. The Morgan fingerprint density at radius 1 is 0.935 bits per heavy atom. The number of aromatic amines is 2. The van der Waals surface area contributed by atoms with E-state index in [1.807, 2.05) is 12.3 Å². The summed E-state index contributed by atoms with van der Waals surface area (Å²) in [6.45, 7) is 4.14. The molecule has 6 rings (SSSR count). The minimum absolute atomic E-state index is 0.808.